The van der Waals surface area contributed by atoms with Gasteiger partial charge in [-0.15, -0.1) is 0 Å². The Balaban J connectivity index is 2.94. The van der Waals surface area contributed by atoms with Crippen molar-refractivity contribution in [2.45, 2.75) is 19.3 Å². The van der Waals surface area contributed by atoms with E-state index in [2.05, 4.69) is 15.9 Å². The van der Waals surface area contributed by atoms with Crippen LogP contribution in [-0.2, 0) is 9.59 Å². The Morgan fingerprint density at radius 2 is 1.87 bits per heavy atom. The Morgan fingerprint density at radius 1 is 1.33 bits per heavy atom. The molecule has 3 nitrogen and oxygen atoms in total. The molecule has 80 valence electrons. The van der Waals surface area contributed by atoms with E-state index in [1.165, 1.54) is 6.92 Å². The normalized spacial score (nSPS) is 12.1. The molecule has 0 spiro atoms. The summed E-state index contributed by atoms with van der Waals surface area (Å²) < 4.78 is 0.887. The maximum atomic E-state index is 11.0. The topological polar surface area (TPSA) is 54.4 Å². The van der Waals surface area contributed by atoms with Crippen molar-refractivity contribution in [2.75, 3.05) is 0 Å². The summed E-state index contributed by atoms with van der Waals surface area (Å²) in [5.74, 6) is -1.83. The summed E-state index contributed by atoms with van der Waals surface area (Å²) in [4.78, 5) is 21.9. The van der Waals surface area contributed by atoms with Crippen molar-refractivity contribution in [3.63, 3.8) is 0 Å². The minimum Gasteiger partial charge on any atom is -0.481 e. The van der Waals surface area contributed by atoms with Crippen LogP contribution in [0.2, 0.25) is 0 Å². The maximum Gasteiger partial charge on any atom is 0.311 e. The maximum absolute atomic E-state index is 11.0. The first-order chi connectivity index (χ1) is 7.00. The molecule has 0 amide bonds. The third-order valence-corrected chi connectivity index (χ3v) is 2.59. The summed E-state index contributed by atoms with van der Waals surface area (Å²) in [5.41, 5.74) is 0.654. The highest BCUT2D eigenvalue weighted by Gasteiger charge is 2.21. The fourth-order valence-electron chi connectivity index (χ4n) is 1.33. The van der Waals surface area contributed by atoms with E-state index in [-0.39, 0.29) is 12.2 Å². The Bertz CT molecular complexity index is 370. The zero-order valence-electron chi connectivity index (χ0n) is 8.24. The van der Waals surface area contributed by atoms with Gasteiger partial charge in [0.25, 0.3) is 0 Å². The van der Waals surface area contributed by atoms with E-state index >= 15 is 0 Å². The van der Waals surface area contributed by atoms with Crippen molar-refractivity contribution >= 4 is 27.7 Å². The molecule has 1 unspecified atom stereocenters. The zero-order chi connectivity index (χ0) is 11.4. The molecule has 0 aliphatic heterocycles. The van der Waals surface area contributed by atoms with Crippen molar-refractivity contribution in [2.24, 2.45) is 0 Å². The number of carbonyl (C=O) groups is 2. The molecule has 0 saturated heterocycles. The van der Waals surface area contributed by atoms with E-state index < -0.39 is 11.9 Å². The van der Waals surface area contributed by atoms with E-state index in [4.69, 9.17) is 5.11 Å². The Morgan fingerprint density at radius 3 is 2.27 bits per heavy atom. The molecule has 0 fully saturated rings. The number of halogens is 1. The molecule has 15 heavy (non-hydrogen) atoms. The lowest BCUT2D eigenvalue weighted by molar-refractivity contribution is -0.140. The summed E-state index contributed by atoms with van der Waals surface area (Å²) in [6, 6.07) is 6.97. The van der Waals surface area contributed by atoms with Gasteiger partial charge in [-0.3, -0.25) is 9.59 Å². The second-order valence-corrected chi connectivity index (χ2v) is 4.26. The van der Waals surface area contributed by atoms with E-state index in [0.717, 1.165) is 4.47 Å². The van der Waals surface area contributed by atoms with Crippen molar-refractivity contribution in [1.82, 2.24) is 0 Å². The van der Waals surface area contributed by atoms with Gasteiger partial charge in [0, 0.05) is 10.9 Å². The molecule has 1 aromatic rings. The molecule has 1 aromatic carbocycles. The molecule has 1 atom stereocenters. The van der Waals surface area contributed by atoms with Gasteiger partial charge in [-0.1, -0.05) is 28.1 Å². The Labute approximate surface area is 96.2 Å². The number of carboxylic acids is 1. The Hall–Kier alpha value is -1.16. The summed E-state index contributed by atoms with van der Waals surface area (Å²) in [7, 11) is 0. The first-order valence-corrected chi connectivity index (χ1v) is 5.27. The van der Waals surface area contributed by atoms with Crippen LogP contribution in [0, 0.1) is 0 Å². The predicted octanol–water partition coefficient (Wildman–Crippen LogP) is 2.60. The number of hydrogen-bond donors (Lipinski definition) is 1. The van der Waals surface area contributed by atoms with Crippen molar-refractivity contribution in [1.29, 1.82) is 0 Å². The molecule has 4 heteroatoms. The van der Waals surface area contributed by atoms with Crippen LogP contribution in [0.3, 0.4) is 0 Å². The van der Waals surface area contributed by atoms with Gasteiger partial charge >= 0.3 is 5.97 Å². The minimum absolute atomic E-state index is 0.0387. The smallest absolute Gasteiger partial charge is 0.311 e. The Kier molecular flexibility index (Phi) is 4.03. The quantitative estimate of drug-likeness (QED) is 0.915. The summed E-state index contributed by atoms with van der Waals surface area (Å²) >= 11 is 3.27. The van der Waals surface area contributed by atoms with E-state index in [1.54, 1.807) is 24.3 Å². The van der Waals surface area contributed by atoms with Gasteiger partial charge < -0.3 is 5.11 Å². The number of carboxylic acid groups (broad SMARTS) is 1. The number of aliphatic carboxylic acids is 1. The molecule has 0 aromatic heterocycles. The fourth-order valence-corrected chi connectivity index (χ4v) is 1.59. The lowest BCUT2D eigenvalue weighted by Gasteiger charge is -2.10. The molecule has 0 bridgehead atoms. The molecule has 0 aliphatic rings. The fraction of sp³-hybridized carbons (Fsp3) is 0.273. The third kappa shape index (κ3) is 3.47. The number of ketones is 1. The number of carbonyl (C=O) groups excluding carboxylic acids is 1. The van der Waals surface area contributed by atoms with E-state index in [0.29, 0.717) is 5.56 Å². The van der Waals surface area contributed by atoms with Gasteiger partial charge in [0.15, 0.2) is 0 Å². The largest absolute Gasteiger partial charge is 0.481 e. The lowest BCUT2D eigenvalue weighted by Crippen LogP contribution is -2.14. The average Bonchev–Trinajstić information content (AvgIpc) is 2.15. The van der Waals surface area contributed by atoms with Crippen molar-refractivity contribution in [3.8, 4) is 0 Å². The van der Waals surface area contributed by atoms with Gasteiger partial charge in [-0.2, -0.15) is 0 Å². The first kappa shape index (κ1) is 11.9. The highest BCUT2D eigenvalue weighted by molar-refractivity contribution is 9.10. The van der Waals surface area contributed by atoms with Crippen LogP contribution in [0.4, 0.5) is 0 Å². The standard InChI is InChI=1S/C11H11BrO3/c1-7(13)6-10(11(14)15)8-2-4-9(12)5-3-8/h2-5,10H,6H2,1H3,(H,14,15). The molecule has 0 aliphatic carbocycles. The summed E-state index contributed by atoms with van der Waals surface area (Å²) in [6.45, 7) is 1.40. The number of benzene rings is 1. The summed E-state index contributed by atoms with van der Waals surface area (Å²) in [5, 5.41) is 8.98. The minimum atomic E-state index is -0.965. The SMILES string of the molecule is CC(=O)CC(C(=O)O)c1ccc(Br)cc1. The lowest BCUT2D eigenvalue weighted by atomic mass is 9.94. The highest BCUT2D eigenvalue weighted by Crippen LogP contribution is 2.22. The molecule has 0 heterocycles. The highest BCUT2D eigenvalue weighted by atomic mass is 79.9. The van der Waals surface area contributed by atoms with Crippen LogP contribution in [0.15, 0.2) is 28.7 Å². The van der Waals surface area contributed by atoms with Crippen LogP contribution in [0.25, 0.3) is 0 Å². The van der Waals surface area contributed by atoms with E-state index in [1.807, 2.05) is 0 Å². The first-order valence-electron chi connectivity index (χ1n) is 4.48. The van der Waals surface area contributed by atoms with Crippen LogP contribution in [0.1, 0.15) is 24.8 Å². The molecule has 1 rings (SSSR count). The van der Waals surface area contributed by atoms with Gasteiger partial charge in [0.1, 0.15) is 5.78 Å². The third-order valence-electron chi connectivity index (χ3n) is 2.06. The number of Topliss-reactive ketones (excluding diaryl/α,β-unsaturated/α-hetero) is 1. The van der Waals surface area contributed by atoms with Crippen LogP contribution in [-0.4, -0.2) is 16.9 Å². The van der Waals surface area contributed by atoms with Crippen molar-refractivity contribution in [3.05, 3.63) is 34.3 Å². The van der Waals surface area contributed by atoms with E-state index in [9.17, 15) is 9.59 Å². The average molecular weight is 271 g/mol. The van der Waals surface area contributed by atoms with Crippen LogP contribution in [0.5, 0.6) is 0 Å². The monoisotopic (exact) mass is 270 g/mol. The molecular weight excluding hydrogens is 260 g/mol. The number of hydrogen-bond acceptors (Lipinski definition) is 2. The van der Waals surface area contributed by atoms with Gasteiger partial charge in [-0.05, 0) is 24.6 Å². The zero-order valence-corrected chi connectivity index (χ0v) is 9.82. The second-order valence-electron chi connectivity index (χ2n) is 3.35. The van der Waals surface area contributed by atoms with Gasteiger partial charge in [0.05, 0.1) is 5.92 Å². The van der Waals surface area contributed by atoms with Crippen LogP contribution >= 0.6 is 15.9 Å². The van der Waals surface area contributed by atoms with Gasteiger partial charge in [0.2, 0.25) is 0 Å². The number of rotatable bonds is 4. The van der Waals surface area contributed by atoms with Crippen molar-refractivity contribution < 1.29 is 14.7 Å². The molecule has 1 N–H and O–H groups in total. The summed E-state index contributed by atoms with van der Waals surface area (Å²) in [6.07, 6.45) is 0.0387. The molecule has 0 radical (unpaired) electrons. The van der Waals surface area contributed by atoms with Gasteiger partial charge in [-0.25, -0.2) is 0 Å². The molecular formula is C11H11BrO3. The predicted molar refractivity (Wildman–Crippen MR) is 59.8 cm³/mol. The van der Waals surface area contributed by atoms with Crippen LogP contribution < -0.4 is 0 Å². The molecule has 0 saturated carbocycles. The second kappa shape index (κ2) is 5.07.